The van der Waals surface area contributed by atoms with Crippen LogP contribution in [0.3, 0.4) is 0 Å². The lowest BCUT2D eigenvalue weighted by molar-refractivity contribution is -0.116. The van der Waals surface area contributed by atoms with Gasteiger partial charge in [0, 0.05) is 24.6 Å². The Bertz CT molecular complexity index is 812. The van der Waals surface area contributed by atoms with Crippen molar-refractivity contribution in [2.75, 3.05) is 12.3 Å². The van der Waals surface area contributed by atoms with E-state index in [0.717, 1.165) is 0 Å². The summed E-state index contributed by atoms with van der Waals surface area (Å²) in [7, 11) is 0. The normalized spacial score (nSPS) is 12.0. The maximum absolute atomic E-state index is 15.1. The van der Waals surface area contributed by atoms with Crippen molar-refractivity contribution in [2.45, 2.75) is 32.7 Å². The van der Waals surface area contributed by atoms with Gasteiger partial charge in [-0.15, -0.1) is 0 Å². The molecule has 0 aliphatic rings. The minimum atomic E-state index is -0.705. The lowest BCUT2D eigenvalue weighted by Crippen LogP contribution is -2.25. The van der Waals surface area contributed by atoms with Crippen LogP contribution in [0.15, 0.2) is 24.5 Å². The zero-order valence-corrected chi connectivity index (χ0v) is 15.3. The molecule has 1 atom stereocenters. The van der Waals surface area contributed by atoms with Crippen molar-refractivity contribution in [3.63, 3.8) is 0 Å². The molecule has 0 unspecified atom stereocenters. The summed E-state index contributed by atoms with van der Waals surface area (Å²) in [5, 5.41) is 3.12. The maximum Gasteiger partial charge on any atom is 0.217 e. The van der Waals surface area contributed by atoms with E-state index in [1.807, 2.05) is 6.92 Å². The molecule has 8 heteroatoms. The number of carbonyl (C=O) groups excluding carboxylic acids is 2. The van der Waals surface area contributed by atoms with Gasteiger partial charge >= 0.3 is 0 Å². The third-order valence-electron chi connectivity index (χ3n) is 3.90. The predicted octanol–water partition coefficient (Wildman–Crippen LogP) is 3.10. The van der Waals surface area contributed by atoms with Crippen LogP contribution >= 0.6 is 11.6 Å². The fraction of sp³-hybridized carbons (Fsp3) is 0.333. The highest BCUT2D eigenvalue weighted by Crippen LogP contribution is 2.29. The quantitative estimate of drug-likeness (QED) is 0.685. The number of nitrogen functional groups attached to an aromatic ring is 1. The Morgan fingerprint density at radius 3 is 2.62 bits per heavy atom. The van der Waals surface area contributed by atoms with Crippen LogP contribution in [0.25, 0.3) is 0 Å². The average molecular weight is 379 g/mol. The number of ketones is 2. The van der Waals surface area contributed by atoms with Gasteiger partial charge in [-0.2, -0.15) is 0 Å². The Hall–Kier alpha value is -2.38. The van der Waals surface area contributed by atoms with Gasteiger partial charge in [0.2, 0.25) is 5.78 Å². The molecule has 0 amide bonds. The molecule has 26 heavy (non-hydrogen) atoms. The third kappa shape index (κ3) is 4.62. The second-order valence-corrected chi connectivity index (χ2v) is 6.26. The summed E-state index contributed by atoms with van der Waals surface area (Å²) in [5.74, 6) is -1.17. The van der Waals surface area contributed by atoms with E-state index in [2.05, 4.69) is 15.3 Å². The first-order valence-electron chi connectivity index (χ1n) is 8.18. The Morgan fingerprint density at radius 1 is 1.31 bits per heavy atom. The average Bonchev–Trinajstić information content (AvgIpc) is 2.60. The molecule has 0 aliphatic carbocycles. The van der Waals surface area contributed by atoms with Crippen LogP contribution in [0.5, 0.6) is 0 Å². The van der Waals surface area contributed by atoms with Crippen molar-refractivity contribution in [2.24, 2.45) is 0 Å². The first-order valence-corrected chi connectivity index (χ1v) is 8.55. The highest BCUT2D eigenvalue weighted by atomic mass is 35.5. The summed E-state index contributed by atoms with van der Waals surface area (Å²) < 4.78 is 15.1. The van der Waals surface area contributed by atoms with E-state index in [-0.39, 0.29) is 33.9 Å². The van der Waals surface area contributed by atoms with Gasteiger partial charge in [-0.1, -0.05) is 24.6 Å². The van der Waals surface area contributed by atoms with Gasteiger partial charge in [-0.05, 0) is 19.4 Å². The number of halogens is 2. The minimum Gasteiger partial charge on any atom is -0.382 e. The molecule has 0 radical (unpaired) electrons. The largest absolute Gasteiger partial charge is 0.382 e. The summed E-state index contributed by atoms with van der Waals surface area (Å²) in [6, 6.07) is 2.67. The van der Waals surface area contributed by atoms with Crippen LogP contribution in [0.4, 0.5) is 10.2 Å². The molecule has 1 aromatic carbocycles. The van der Waals surface area contributed by atoms with Gasteiger partial charge in [0.05, 0.1) is 23.0 Å². The second kappa shape index (κ2) is 8.82. The molecule has 2 rings (SSSR count). The van der Waals surface area contributed by atoms with Gasteiger partial charge in [0.25, 0.3) is 0 Å². The van der Waals surface area contributed by atoms with Gasteiger partial charge in [0.1, 0.15) is 23.1 Å². The Labute approximate surface area is 156 Å². The number of aromatic nitrogens is 2. The number of hydrogen-bond acceptors (Lipinski definition) is 6. The molecule has 0 fully saturated rings. The molecule has 0 saturated carbocycles. The molecule has 138 valence electrons. The number of anilines is 1. The molecule has 1 heterocycles. The van der Waals surface area contributed by atoms with Crippen molar-refractivity contribution in [3.05, 3.63) is 52.2 Å². The molecule has 0 bridgehead atoms. The SMILES string of the molecule is CC[C@@H](NCCC(C)=O)c1ccc(Cl)c(C(=O)c2cnc(N)cn2)c1F. The van der Waals surface area contributed by atoms with E-state index < -0.39 is 11.6 Å². The van der Waals surface area contributed by atoms with Crippen LogP contribution in [0.1, 0.15) is 54.3 Å². The zero-order chi connectivity index (χ0) is 19.3. The van der Waals surface area contributed by atoms with Crippen LogP contribution < -0.4 is 11.1 Å². The Kier molecular flexibility index (Phi) is 6.76. The van der Waals surface area contributed by atoms with Gasteiger partial charge < -0.3 is 11.1 Å². The van der Waals surface area contributed by atoms with Gasteiger partial charge in [0.15, 0.2) is 0 Å². The van der Waals surface area contributed by atoms with E-state index in [9.17, 15) is 9.59 Å². The molecule has 0 aliphatic heterocycles. The summed E-state index contributed by atoms with van der Waals surface area (Å²) in [5.41, 5.74) is 5.47. The molecule has 3 N–H and O–H groups in total. The summed E-state index contributed by atoms with van der Waals surface area (Å²) in [6.45, 7) is 3.80. The number of nitrogens with two attached hydrogens (primary N) is 1. The second-order valence-electron chi connectivity index (χ2n) is 5.85. The molecule has 2 aromatic rings. The highest BCUT2D eigenvalue weighted by Gasteiger charge is 2.24. The monoisotopic (exact) mass is 378 g/mol. The molecule has 0 saturated heterocycles. The number of carbonyl (C=O) groups is 2. The van der Waals surface area contributed by atoms with Crippen molar-refractivity contribution < 1.29 is 14.0 Å². The molecule has 6 nitrogen and oxygen atoms in total. The summed E-state index contributed by atoms with van der Waals surface area (Å²) in [6.07, 6.45) is 3.33. The lowest BCUT2D eigenvalue weighted by Gasteiger charge is -2.19. The topological polar surface area (TPSA) is 98.0 Å². The van der Waals surface area contributed by atoms with E-state index in [0.29, 0.717) is 24.9 Å². The lowest BCUT2D eigenvalue weighted by atomic mass is 9.97. The fourth-order valence-electron chi connectivity index (χ4n) is 2.53. The van der Waals surface area contributed by atoms with Crippen LogP contribution in [0, 0.1) is 5.82 Å². The molecular weight excluding hydrogens is 359 g/mol. The number of hydrogen-bond donors (Lipinski definition) is 2. The van der Waals surface area contributed by atoms with E-state index in [1.54, 1.807) is 0 Å². The van der Waals surface area contributed by atoms with Crippen molar-refractivity contribution in [1.82, 2.24) is 15.3 Å². The number of Topliss-reactive ketones (excluding diaryl/α,β-unsaturated/α-hetero) is 1. The first kappa shape index (κ1) is 19.9. The number of nitrogens with zero attached hydrogens (tertiary/aromatic N) is 2. The smallest absolute Gasteiger partial charge is 0.217 e. The number of benzene rings is 1. The molecular formula is C18H20ClFN4O2. The Morgan fingerprint density at radius 2 is 2.04 bits per heavy atom. The highest BCUT2D eigenvalue weighted by molar-refractivity contribution is 6.34. The van der Waals surface area contributed by atoms with Gasteiger partial charge in [-0.3, -0.25) is 9.59 Å². The Balaban J connectivity index is 2.36. The standard InChI is InChI=1S/C18H20ClFN4O2/c1-3-13(22-7-6-10(2)25)11-4-5-12(19)16(17(11)20)18(26)14-8-24-15(21)9-23-14/h4-5,8-9,13,22H,3,6-7H2,1-2H3,(H2,21,24)/t13-/m1/s1. The van der Waals surface area contributed by atoms with Gasteiger partial charge in [-0.25, -0.2) is 14.4 Å². The van der Waals surface area contributed by atoms with E-state index >= 15 is 4.39 Å². The first-order chi connectivity index (χ1) is 12.3. The summed E-state index contributed by atoms with van der Waals surface area (Å²) in [4.78, 5) is 31.4. The van der Waals surface area contributed by atoms with Crippen LogP contribution in [0.2, 0.25) is 5.02 Å². The zero-order valence-electron chi connectivity index (χ0n) is 14.6. The van der Waals surface area contributed by atoms with Crippen molar-refractivity contribution in [3.8, 4) is 0 Å². The number of rotatable bonds is 8. The van der Waals surface area contributed by atoms with E-state index in [4.69, 9.17) is 17.3 Å². The van der Waals surface area contributed by atoms with Crippen molar-refractivity contribution in [1.29, 1.82) is 0 Å². The minimum absolute atomic E-state index is 0.00605. The maximum atomic E-state index is 15.1. The third-order valence-corrected chi connectivity index (χ3v) is 4.22. The molecule has 1 aromatic heterocycles. The number of nitrogens with one attached hydrogen (secondary N) is 1. The van der Waals surface area contributed by atoms with E-state index in [1.165, 1.54) is 31.5 Å². The fourth-order valence-corrected chi connectivity index (χ4v) is 2.76. The predicted molar refractivity (Wildman–Crippen MR) is 97.6 cm³/mol. The van der Waals surface area contributed by atoms with Crippen LogP contribution in [-0.2, 0) is 4.79 Å². The molecule has 0 spiro atoms. The van der Waals surface area contributed by atoms with Crippen LogP contribution in [-0.4, -0.2) is 28.1 Å². The van der Waals surface area contributed by atoms with Crippen molar-refractivity contribution >= 4 is 29.0 Å². The summed E-state index contributed by atoms with van der Waals surface area (Å²) >= 11 is 6.07.